The number of piperidine rings is 1. The number of carbonyl (C=O) groups is 1. The number of nitrogens with one attached hydrogen (secondary N) is 1. The molecule has 0 spiro atoms. The van der Waals surface area contributed by atoms with Crippen molar-refractivity contribution in [1.82, 2.24) is 25.0 Å². The molecular weight excluding hydrogens is 341 g/mol. The van der Waals surface area contributed by atoms with Gasteiger partial charge >= 0.3 is 0 Å². The molecule has 2 saturated heterocycles. The summed E-state index contributed by atoms with van der Waals surface area (Å²) in [6.07, 6.45) is 6.05. The van der Waals surface area contributed by atoms with E-state index in [0.717, 1.165) is 45.6 Å². The van der Waals surface area contributed by atoms with Gasteiger partial charge in [0.15, 0.2) is 0 Å². The van der Waals surface area contributed by atoms with Gasteiger partial charge in [0.2, 0.25) is 5.91 Å². The summed E-state index contributed by atoms with van der Waals surface area (Å²) in [5.74, 6) is 0.709. The third kappa shape index (κ3) is 5.91. The van der Waals surface area contributed by atoms with Crippen molar-refractivity contribution in [2.24, 2.45) is 5.92 Å². The van der Waals surface area contributed by atoms with Crippen LogP contribution in [0, 0.1) is 5.92 Å². The summed E-state index contributed by atoms with van der Waals surface area (Å²) >= 11 is 0. The van der Waals surface area contributed by atoms with E-state index < -0.39 is 0 Å². The zero-order valence-corrected chi connectivity index (χ0v) is 14.7. The van der Waals surface area contributed by atoms with E-state index in [2.05, 4.69) is 15.4 Å². The minimum Gasteiger partial charge on any atom is -0.378 e. The third-order valence-electron chi connectivity index (χ3n) is 4.20. The molecule has 0 saturated carbocycles. The summed E-state index contributed by atoms with van der Waals surface area (Å²) in [7, 11) is 0. The van der Waals surface area contributed by atoms with Crippen LogP contribution in [0.3, 0.4) is 0 Å². The molecule has 3 rings (SSSR count). The lowest BCUT2D eigenvalue weighted by Crippen LogP contribution is -2.47. The molecule has 2 fully saturated rings. The number of rotatable bonds is 4. The van der Waals surface area contributed by atoms with Gasteiger partial charge in [-0.05, 0) is 18.8 Å². The van der Waals surface area contributed by atoms with E-state index in [1.54, 1.807) is 12.7 Å². The lowest BCUT2D eigenvalue weighted by atomic mass is 9.97. The van der Waals surface area contributed by atoms with Crippen molar-refractivity contribution >= 4 is 30.7 Å². The number of nitrogens with zero attached hydrogens (tertiary/aromatic N) is 4. The zero-order chi connectivity index (χ0) is 14.5. The first-order valence-corrected chi connectivity index (χ1v) is 7.72. The average Bonchev–Trinajstić information content (AvgIpc) is 3.01. The van der Waals surface area contributed by atoms with Gasteiger partial charge in [-0.3, -0.25) is 9.48 Å². The SMILES string of the molecule is Cl.Cl.O=C(CC1COCCN1)N1CCCC(Cn2cncn2)C1. The molecule has 132 valence electrons. The number of morpholine rings is 1. The van der Waals surface area contributed by atoms with E-state index in [1.807, 2.05) is 9.58 Å². The second kappa shape index (κ2) is 10.1. The maximum absolute atomic E-state index is 12.4. The molecule has 0 radical (unpaired) electrons. The topological polar surface area (TPSA) is 72.3 Å². The van der Waals surface area contributed by atoms with Gasteiger partial charge in [0, 0.05) is 38.6 Å². The second-order valence-electron chi connectivity index (χ2n) is 5.90. The summed E-state index contributed by atoms with van der Waals surface area (Å²) in [6, 6.07) is 0.168. The number of halogens is 2. The minimum atomic E-state index is 0. The van der Waals surface area contributed by atoms with Crippen molar-refractivity contribution in [2.75, 3.05) is 32.8 Å². The van der Waals surface area contributed by atoms with Crippen LogP contribution in [0.25, 0.3) is 0 Å². The lowest BCUT2D eigenvalue weighted by Gasteiger charge is -2.34. The fraction of sp³-hybridized carbons (Fsp3) is 0.786. The van der Waals surface area contributed by atoms with Crippen LogP contribution >= 0.6 is 24.8 Å². The first-order valence-electron chi connectivity index (χ1n) is 7.72. The molecule has 1 aromatic heterocycles. The van der Waals surface area contributed by atoms with Crippen molar-refractivity contribution in [2.45, 2.75) is 31.8 Å². The predicted molar refractivity (Wildman–Crippen MR) is 91.0 cm³/mol. The van der Waals surface area contributed by atoms with E-state index in [0.29, 0.717) is 18.9 Å². The minimum absolute atomic E-state index is 0. The van der Waals surface area contributed by atoms with Crippen molar-refractivity contribution in [1.29, 1.82) is 0 Å². The summed E-state index contributed by atoms with van der Waals surface area (Å²) in [4.78, 5) is 18.4. The molecule has 2 unspecified atom stereocenters. The van der Waals surface area contributed by atoms with Crippen LogP contribution in [0.2, 0.25) is 0 Å². The van der Waals surface area contributed by atoms with E-state index in [1.165, 1.54) is 0 Å². The number of hydrogen-bond acceptors (Lipinski definition) is 5. The van der Waals surface area contributed by atoms with E-state index >= 15 is 0 Å². The molecule has 2 aliphatic rings. The van der Waals surface area contributed by atoms with Gasteiger partial charge in [0.05, 0.1) is 13.2 Å². The summed E-state index contributed by atoms with van der Waals surface area (Å²) < 4.78 is 7.27. The van der Waals surface area contributed by atoms with Crippen LogP contribution in [0.1, 0.15) is 19.3 Å². The maximum atomic E-state index is 12.4. The molecule has 23 heavy (non-hydrogen) atoms. The number of carbonyl (C=O) groups excluding carboxylic acids is 1. The Kier molecular flexibility index (Phi) is 8.83. The molecular formula is C14H25Cl2N5O2. The van der Waals surface area contributed by atoms with E-state index in [-0.39, 0.29) is 36.8 Å². The van der Waals surface area contributed by atoms with Crippen LogP contribution in [0.15, 0.2) is 12.7 Å². The van der Waals surface area contributed by atoms with Crippen molar-refractivity contribution in [3.8, 4) is 0 Å². The second-order valence-corrected chi connectivity index (χ2v) is 5.90. The Labute approximate surface area is 149 Å². The molecule has 2 aliphatic heterocycles. The molecule has 2 atom stereocenters. The van der Waals surface area contributed by atoms with Crippen LogP contribution in [0.5, 0.6) is 0 Å². The molecule has 1 N–H and O–H groups in total. The third-order valence-corrected chi connectivity index (χ3v) is 4.20. The smallest absolute Gasteiger partial charge is 0.224 e. The van der Waals surface area contributed by atoms with Gasteiger partial charge < -0.3 is 15.0 Å². The highest BCUT2D eigenvalue weighted by atomic mass is 35.5. The van der Waals surface area contributed by atoms with Gasteiger partial charge in [-0.25, -0.2) is 4.98 Å². The first-order chi connectivity index (χ1) is 10.3. The van der Waals surface area contributed by atoms with Crippen molar-refractivity contribution in [3.63, 3.8) is 0 Å². The summed E-state index contributed by atoms with van der Waals surface area (Å²) in [6.45, 7) is 4.77. The largest absolute Gasteiger partial charge is 0.378 e. The first kappa shape index (κ1) is 20.2. The lowest BCUT2D eigenvalue weighted by molar-refractivity contribution is -0.134. The fourth-order valence-corrected chi connectivity index (χ4v) is 3.12. The van der Waals surface area contributed by atoms with Gasteiger partial charge in [-0.15, -0.1) is 24.8 Å². The van der Waals surface area contributed by atoms with Crippen LogP contribution in [-0.4, -0.2) is 64.5 Å². The number of aromatic nitrogens is 3. The normalized spacial score (nSPS) is 24.4. The Morgan fingerprint density at radius 2 is 2.26 bits per heavy atom. The number of hydrogen-bond donors (Lipinski definition) is 1. The number of ether oxygens (including phenoxy) is 1. The Bertz CT molecular complexity index is 454. The summed E-state index contributed by atoms with van der Waals surface area (Å²) in [5.41, 5.74) is 0. The Morgan fingerprint density at radius 1 is 1.39 bits per heavy atom. The monoisotopic (exact) mass is 365 g/mol. The van der Waals surface area contributed by atoms with Crippen molar-refractivity contribution in [3.05, 3.63) is 12.7 Å². The Morgan fingerprint density at radius 3 is 2.96 bits per heavy atom. The molecule has 0 bridgehead atoms. The highest BCUT2D eigenvalue weighted by Crippen LogP contribution is 2.19. The van der Waals surface area contributed by atoms with E-state index in [9.17, 15) is 4.79 Å². The van der Waals surface area contributed by atoms with Crippen LogP contribution < -0.4 is 5.32 Å². The molecule has 9 heteroatoms. The molecule has 3 heterocycles. The van der Waals surface area contributed by atoms with Gasteiger partial charge in [-0.1, -0.05) is 0 Å². The Balaban J connectivity index is 0.00000132. The Hall–Kier alpha value is -0.890. The van der Waals surface area contributed by atoms with Crippen LogP contribution in [-0.2, 0) is 16.1 Å². The standard InChI is InChI=1S/C14H23N5O2.2ClH/c20-14(6-13-9-21-5-3-16-13)18-4-1-2-12(7-18)8-19-11-15-10-17-19;;/h10-13,16H,1-9H2;2*1H. The maximum Gasteiger partial charge on any atom is 0.224 e. The molecule has 7 nitrogen and oxygen atoms in total. The summed E-state index contributed by atoms with van der Waals surface area (Å²) in [5, 5.41) is 7.49. The highest BCUT2D eigenvalue weighted by Gasteiger charge is 2.26. The van der Waals surface area contributed by atoms with Crippen molar-refractivity contribution < 1.29 is 9.53 Å². The molecule has 1 amide bonds. The molecule has 0 aliphatic carbocycles. The fourth-order valence-electron chi connectivity index (χ4n) is 3.12. The number of likely N-dealkylation sites (tertiary alicyclic amines) is 1. The zero-order valence-electron chi connectivity index (χ0n) is 13.1. The number of amides is 1. The molecule has 1 aromatic rings. The van der Waals surface area contributed by atoms with Gasteiger partial charge in [-0.2, -0.15) is 5.10 Å². The van der Waals surface area contributed by atoms with Crippen LogP contribution in [0.4, 0.5) is 0 Å². The highest BCUT2D eigenvalue weighted by molar-refractivity contribution is 5.85. The quantitative estimate of drug-likeness (QED) is 0.851. The van der Waals surface area contributed by atoms with Gasteiger partial charge in [0.1, 0.15) is 12.7 Å². The van der Waals surface area contributed by atoms with E-state index in [4.69, 9.17) is 4.74 Å². The molecule has 0 aromatic carbocycles. The van der Waals surface area contributed by atoms with Gasteiger partial charge in [0.25, 0.3) is 0 Å². The average molecular weight is 366 g/mol. The predicted octanol–water partition coefficient (Wildman–Crippen LogP) is 0.739.